The molecule has 3 heteroatoms. The average molecular weight is 251 g/mol. The Morgan fingerprint density at radius 1 is 1.31 bits per heavy atom. The summed E-state index contributed by atoms with van der Waals surface area (Å²) >= 11 is 3.21. The zero-order valence-electron chi connectivity index (χ0n) is 9.77. The second kappa shape index (κ2) is 7.65. The van der Waals surface area contributed by atoms with Crippen molar-refractivity contribution in [1.82, 2.24) is 0 Å². The van der Waals surface area contributed by atoms with Crippen molar-refractivity contribution in [3.8, 4) is 5.40 Å². The van der Waals surface area contributed by atoms with Crippen molar-refractivity contribution < 1.29 is 0 Å². The largest absolute Gasteiger partial charge is 0.185 e. The lowest BCUT2D eigenvalue weighted by molar-refractivity contribution is 0.741. The monoisotopic (exact) mass is 251 g/mol. The second-order valence-electron chi connectivity index (χ2n) is 3.63. The fraction of sp³-hybridized carbons (Fsp3) is 0.462. The summed E-state index contributed by atoms with van der Waals surface area (Å²) in [5.74, 6) is 2.58. The van der Waals surface area contributed by atoms with Gasteiger partial charge in [0.15, 0.2) is 0 Å². The number of benzene rings is 1. The van der Waals surface area contributed by atoms with Crippen LogP contribution in [0.5, 0.6) is 0 Å². The number of hydrogen-bond donors (Lipinski definition) is 0. The highest BCUT2D eigenvalue weighted by Gasteiger charge is 2.05. The van der Waals surface area contributed by atoms with E-state index in [9.17, 15) is 0 Å². The van der Waals surface area contributed by atoms with Crippen LogP contribution in [0.15, 0.2) is 29.2 Å². The highest BCUT2D eigenvalue weighted by molar-refractivity contribution is 8.03. The molecule has 0 aliphatic rings. The van der Waals surface area contributed by atoms with Crippen LogP contribution in [0.25, 0.3) is 0 Å². The summed E-state index contributed by atoms with van der Waals surface area (Å²) in [6.45, 7) is 4.39. The number of thiocyanates is 1. The van der Waals surface area contributed by atoms with E-state index in [-0.39, 0.29) is 0 Å². The predicted octanol–water partition coefficient (Wildman–Crippen LogP) is 4.51. The van der Waals surface area contributed by atoms with Crippen molar-refractivity contribution >= 4 is 23.5 Å². The number of hydrogen-bond acceptors (Lipinski definition) is 3. The smallest absolute Gasteiger partial charge is 0.133 e. The average Bonchev–Trinajstić information content (AvgIpc) is 2.30. The van der Waals surface area contributed by atoms with Crippen LogP contribution in [-0.2, 0) is 0 Å². The fourth-order valence-corrected chi connectivity index (χ4v) is 2.73. The summed E-state index contributed by atoms with van der Waals surface area (Å²) in [5.41, 5.74) is 1.37. The van der Waals surface area contributed by atoms with Gasteiger partial charge in [0.25, 0.3) is 0 Å². The lowest BCUT2D eigenvalue weighted by Crippen LogP contribution is -1.94. The Labute approximate surface area is 107 Å². The molecule has 1 rings (SSSR count). The Hall–Kier alpha value is -0.590. The zero-order chi connectivity index (χ0) is 11.8. The predicted molar refractivity (Wildman–Crippen MR) is 73.9 cm³/mol. The van der Waals surface area contributed by atoms with Gasteiger partial charge >= 0.3 is 0 Å². The van der Waals surface area contributed by atoms with Crippen LogP contribution >= 0.6 is 23.5 Å². The van der Waals surface area contributed by atoms with E-state index >= 15 is 0 Å². The molecule has 0 heterocycles. The Balaban J connectivity index is 2.49. The molecule has 0 aliphatic carbocycles. The molecular formula is C13H17NS2. The second-order valence-corrected chi connectivity index (χ2v) is 5.85. The highest BCUT2D eigenvalue weighted by Crippen LogP contribution is 2.24. The van der Waals surface area contributed by atoms with Crippen molar-refractivity contribution in [1.29, 1.82) is 5.26 Å². The van der Waals surface area contributed by atoms with E-state index in [1.807, 2.05) is 11.8 Å². The maximum Gasteiger partial charge on any atom is 0.133 e. The molecule has 1 unspecified atom stereocenters. The minimum absolute atomic E-state index is 0.543. The van der Waals surface area contributed by atoms with Crippen molar-refractivity contribution in [2.45, 2.75) is 31.1 Å². The number of thioether (sulfide) groups is 2. The van der Waals surface area contributed by atoms with Gasteiger partial charge in [-0.25, -0.2) is 0 Å². The van der Waals surface area contributed by atoms with Gasteiger partial charge in [0.05, 0.1) is 0 Å². The first-order chi connectivity index (χ1) is 7.77. The van der Waals surface area contributed by atoms with E-state index in [1.54, 1.807) is 0 Å². The molecular weight excluding hydrogens is 234 g/mol. The third-order valence-electron chi connectivity index (χ3n) is 2.48. The summed E-state index contributed by atoms with van der Waals surface area (Å²) in [4.78, 5) is 1.34. The molecule has 1 aromatic carbocycles. The molecule has 0 saturated heterocycles. The minimum atomic E-state index is 0.543. The third kappa shape index (κ3) is 4.51. The van der Waals surface area contributed by atoms with Crippen LogP contribution in [0.3, 0.4) is 0 Å². The first-order valence-electron chi connectivity index (χ1n) is 5.51. The van der Waals surface area contributed by atoms with Gasteiger partial charge in [0.2, 0.25) is 0 Å². The van der Waals surface area contributed by atoms with Crippen LogP contribution in [0.4, 0.5) is 0 Å². The molecule has 0 N–H and O–H groups in total. The maximum absolute atomic E-state index is 8.46. The Bertz CT molecular complexity index is 340. The number of nitriles is 1. The van der Waals surface area contributed by atoms with Crippen LogP contribution in [0.2, 0.25) is 0 Å². The summed E-state index contributed by atoms with van der Waals surface area (Å²) in [6, 6.07) is 8.80. The maximum atomic E-state index is 8.46. The number of nitrogens with zero attached hydrogens (tertiary/aromatic N) is 1. The van der Waals surface area contributed by atoms with Gasteiger partial charge in [-0.3, -0.25) is 0 Å². The number of rotatable bonds is 6. The molecule has 1 aromatic rings. The van der Waals surface area contributed by atoms with Crippen molar-refractivity contribution in [2.24, 2.45) is 0 Å². The van der Waals surface area contributed by atoms with E-state index < -0.39 is 0 Å². The summed E-state index contributed by atoms with van der Waals surface area (Å²) in [7, 11) is 0. The van der Waals surface area contributed by atoms with Crippen molar-refractivity contribution in [2.75, 3.05) is 11.5 Å². The quantitative estimate of drug-likeness (QED) is 0.422. The molecule has 0 aliphatic heterocycles. The van der Waals surface area contributed by atoms with Crippen molar-refractivity contribution in [3.63, 3.8) is 0 Å². The fourth-order valence-electron chi connectivity index (χ4n) is 1.51. The van der Waals surface area contributed by atoms with Gasteiger partial charge in [-0.05, 0) is 47.5 Å². The highest BCUT2D eigenvalue weighted by atomic mass is 32.2. The standard InChI is InChI=1S/C13H17NS2/c1-3-16-13-6-4-12(5-7-13)11(2)8-9-15-10-14/h4-7,11H,3,8-9H2,1-2H3. The Morgan fingerprint density at radius 2 is 2.00 bits per heavy atom. The summed E-state index contributed by atoms with van der Waals surface area (Å²) in [6.07, 6.45) is 1.07. The SMILES string of the molecule is CCSc1ccc(C(C)CCSC#N)cc1. The van der Waals surface area contributed by atoms with Gasteiger partial charge in [-0.1, -0.05) is 26.0 Å². The van der Waals surface area contributed by atoms with E-state index in [4.69, 9.17) is 5.26 Å². The van der Waals surface area contributed by atoms with Crippen LogP contribution in [0.1, 0.15) is 31.7 Å². The van der Waals surface area contributed by atoms with Gasteiger partial charge in [0, 0.05) is 10.6 Å². The molecule has 16 heavy (non-hydrogen) atoms. The van der Waals surface area contributed by atoms with Gasteiger partial charge < -0.3 is 0 Å². The molecule has 86 valence electrons. The van der Waals surface area contributed by atoms with E-state index in [1.165, 1.54) is 22.2 Å². The molecule has 0 bridgehead atoms. The van der Waals surface area contributed by atoms with Crippen LogP contribution in [-0.4, -0.2) is 11.5 Å². The molecule has 0 aromatic heterocycles. The third-order valence-corrected chi connectivity index (χ3v) is 3.94. The van der Waals surface area contributed by atoms with E-state index in [0.29, 0.717) is 5.92 Å². The minimum Gasteiger partial charge on any atom is -0.185 e. The first-order valence-corrected chi connectivity index (χ1v) is 7.48. The molecule has 0 fully saturated rings. The normalized spacial score (nSPS) is 12.1. The van der Waals surface area contributed by atoms with Gasteiger partial charge in [-0.15, -0.1) is 11.8 Å². The molecule has 0 saturated carbocycles. The molecule has 1 nitrogen and oxygen atoms in total. The van der Waals surface area contributed by atoms with E-state index in [2.05, 4.69) is 43.5 Å². The van der Waals surface area contributed by atoms with Crippen LogP contribution in [0, 0.1) is 10.7 Å². The Morgan fingerprint density at radius 3 is 2.56 bits per heavy atom. The molecule has 0 amide bonds. The Kier molecular flexibility index (Phi) is 6.44. The van der Waals surface area contributed by atoms with Crippen LogP contribution < -0.4 is 0 Å². The topological polar surface area (TPSA) is 23.8 Å². The summed E-state index contributed by atoms with van der Waals surface area (Å²) < 4.78 is 0. The zero-order valence-corrected chi connectivity index (χ0v) is 11.4. The van der Waals surface area contributed by atoms with Gasteiger partial charge in [-0.2, -0.15) is 5.26 Å². The van der Waals surface area contributed by atoms with Gasteiger partial charge in [0.1, 0.15) is 5.40 Å². The first kappa shape index (κ1) is 13.5. The molecule has 0 spiro atoms. The summed E-state index contributed by atoms with van der Waals surface area (Å²) in [5, 5.41) is 10.6. The molecule has 1 atom stereocenters. The lowest BCUT2D eigenvalue weighted by atomic mass is 9.99. The lowest BCUT2D eigenvalue weighted by Gasteiger charge is -2.10. The van der Waals surface area contributed by atoms with Crippen molar-refractivity contribution in [3.05, 3.63) is 29.8 Å². The molecule has 0 radical (unpaired) electrons. The van der Waals surface area contributed by atoms with E-state index in [0.717, 1.165) is 17.9 Å².